The van der Waals surface area contributed by atoms with Gasteiger partial charge in [-0.05, 0) is 33.3 Å². The maximum atomic E-state index is 5.94. The minimum Gasteiger partial charge on any atom is -0.384 e. The molecular weight excluding hydrogens is 244 g/mol. The van der Waals surface area contributed by atoms with Crippen LogP contribution in [0.15, 0.2) is 64.7 Å². The topological polar surface area (TPSA) is 38.4 Å². The molecule has 0 aliphatic carbocycles. The standard InChI is InChI=1S/C18H24N2/c1-13(2)15(4)8-9-16(5)18(19)20-12-17-10-6-14(3)7-11-17/h6-11H,5,12H2,1-4H3,(H2,19,20)/b9-8-. The fourth-order valence-corrected chi connectivity index (χ4v) is 1.45. The summed E-state index contributed by atoms with van der Waals surface area (Å²) in [6.07, 6.45) is 3.93. The zero-order valence-electron chi connectivity index (χ0n) is 12.9. The van der Waals surface area contributed by atoms with E-state index in [1.54, 1.807) is 0 Å². The molecule has 2 N–H and O–H groups in total. The van der Waals surface area contributed by atoms with Crippen molar-refractivity contribution in [2.24, 2.45) is 10.7 Å². The van der Waals surface area contributed by atoms with Crippen LogP contribution >= 0.6 is 0 Å². The molecule has 0 unspecified atom stereocenters. The summed E-state index contributed by atoms with van der Waals surface area (Å²) in [4.78, 5) is 4.37. The lowest BCUT2D eigenvalue weighted by molar-refractivity contribution is 1.06. The van der Waals surface area contributed by atoms with Crippen LogP contribution in [0.25, 0.3) is 0 Å². The first kappa shape index (κ1) is 16.0. The zero-order chi connectivity index (χ0) is 15.1. The fourth-order valence-electron chi connectivity index (χ4n) is 1.45. The van der Waals surface area contributed by atoms with Crippen LogP contribution in [0, 0.1) is 6.92 Å². The molecule has 106 valence electrons. The Bertz CT molecular complexity index is 554. The molecular formula is C18H24N2. The van der Waals surface area contributed by atoms with E-state index in [1.807, 2.05) is 12.2 Å². The van der Waals surface area contributed by atoms with Crippen LogP contribution in [0.5, 0.6) is 0 Å². The quantitative estimate of drug-likeness (QED) is 0.482. The van der Waals surface area contributed by atoms with Gasteiger partial charge in [-0.2, -0.15) is 0 Å². The number of nitrogens with two attached hydrogens (primary N) is 1. The Kier molecular flexibility index (Phi) is 5.98. The summed E-state index contributed by atoms with van der Waals surface area (Å²) in [6, 6.07) is 8.29. The third kappa shape index (κ3) is 5.27. The fraction of sp³-hybridized carbons (Fsp3) is 0.278. The van der Waals surface area contributed by atoms with Gasteiger partial charge in [-0.25, -0.2) is 0 Å². The molecule has 0 aromatic heterocycles. The molecule has 0 atom stereocenters. The number of rotatable bonds is 5. The molecule has 0 saturated carbocycles. The van der Waals surface area contributed by atoms with Crippen molar-refractivity contribution in [2.75, 3.05) is 0 Å². The average molecular weight is 268 g/mol. The maximum Gasteiger partial charge on any atom is 0.125 e. The van der Waals surface area contributed by atoms with Crippen LogP contribution in [-0.4, -0.2) is 5.84 Å². The molecule has 1 rings (SSSR count). The summed E-state index contributed by atoms with van der Waals surface area (Å²) >= 11 is 0. The number of hydrogen-bond acceptors (Lipinski definition) is 1. The Morgan fingerprint density at radius 3 is 2.30 bits per heavy atom. The van der Waals surface area contributed by atoms with Crippen molar-refractivity contribution in [3.05, 3.63) is 70.8 Å². The smallest absolute Gasteiger partial charge is 0.125 e. The van der Waals surface area contributed by atoms with Crippen LogP contribution in [-0.2, 0) is 6.54 Å². The van der Waals surface area contributed by atoms with E-state index in [0.717, 1.165) is 11.1 Å². The Morgan fingerprint density at radius 2 is 1.75 bits per heavy atom. The summed E-state index contributed by atoms with van der Waals surface area (Å²) in [6.45, 7) is 12.8. The van der Waals surface area contributed by atoms with E-state index < -0.39 is 0 Å². The summed E-state index contributed by atoms with van der Waals surface area (Å²) in [5.74, 6) is 0.489. The number of amidine groups is 1. The molecule has 0 aliphatic heterocycles. The molecule has 0 bridgehead atoms. The van der Waals surface area contributed by atoms with E-state index in [-0.39, 0.29) is 0 Å². The van der Waals surface area contributed by atoms with Crippen molar-refractivity contribution < 1.29 is 0 Å². The molecule has 0 heterocycles. The number of hydrogen-bond donors (Lipinski definition) is 1. The predicted octanol–water partition coefficient (Wildman–Crippen LogP) is 4.32. The lowest BCUT2D eigenvalue weighted by Crippen LogP contribution is -2.13. The van der Waals surface area contributed by atoms with Crippen LogP contribution in [0.4, 0.5) is 0 Å². The second-order valence-corrected chi connectivity index (χ2v) is 5.23. The summed E-state index contributed by atoms with van der Waals surface area (Å²) in [5, 5.41) is 0. The normalized spacial score (nSPS) is 11.7. The highest BCUT2D eigenvalue weighted by Crippen LogP contribution is 2.07. The van der Waals surface area contributed by atoms with Gasteiger partial charge in [0, 0.05) is 5.57 Å². The van der Waals surface area contributed by atoms with E-state index in [0.29, 0.717) is 12.4 Å². The van der Waals surface area contributed by atoms with Gasteiger partial charge >= 0.3 is 0 Å². The zero-order valence-corrected chi connectivity index (χ0v) is 12.9. The lowest BCUT2D eigenvalue weighted by atomic mass is 10.1. The minimum atomic E-state index is 0.489. The second-order valence-electron chi connectivity index (χ2n) is 5.23. The number of aliphatic imine (C=N–C) groups is 1. The van der Waals surface area contributed by atoms with Crippen molar-refractivity contribution >= 4 is 5.84 Å². The van der Waals surface area contributed by atoms with Gasteiger partial charge in [0.15, 0.2) is 0 Å². The molecule has 0 aliphatic rings. The van der Waals surface area contributed by atoms with E-state index >= 15 is 0 Å². The monoisotopic (exact) mass is 268 g/mol. The van der Waals surface area contributed by atoms with Gasteiger partial charge < -0.3 is 5.73 Å². The molecule has 2 heteroatoms. The van der Waals surface area contributed by atoms with Gasteiger partial charge in [0.1, 0.15) is 5.84 Å². The SMILES string of the molecule is C=C(/C=C\C(C)=C(C)C)C(N)=NCc1ccc(C)cc1. The van der Waals surface area contributed by atoms with Crippen molar-refractivity contribution in [3.63, 3.8) is 0 Å². The molecule has 20 heavy (non-hydrogen) atoms. The van der Waals surface area contributed by atoms with Gasteiger partial charge in [0.25, 0.3) is 0 Å². The second kappa shape index (κ2) is 7.49. The van der Waals surface area contributed by atoms with Crippen molar-refractivity contribution in [1.29, 1.82) is 0 Å². The van der Waals surface area contributed by atoms with E-state index in [1.165, 1.54) is 16.7 Å². The Morgan fingerprint density at radius 1 is 1.15 bits per heavy atom. The number of benzene rings is 1. The predicted molar refractivity (Wildman–Crippen MR) is 88.8 cm³/mol. The third-order valence-corrected chi connectivity index (χ3v) is 3.20. The maximum absolute atomic E-state index is 5.94. The van der Waals surface area contributed by atoms with Crippen LogP contribution in [0.2, 0.25) is 0 Å². The van der Waals surface area contributed by atoms with Gasteiger partial charge in [-0.15, -0.1) is 0 Å². The number of allylic oxidation sites excluding steroid dienone is 3. The van der Waals surface area contributed by atoms with Crippen molar-refractivity contribution in [2.45, 2.75) is 34.2 Å². The van der Waals surface area contributed by atoms with Crippen molar-refractivity contribution in [3.8, 4) is 0 Å². The Hall–Kier alpha value is -2.09. The van der Waals surface area contributed by atoms with E-state index in [4.69, 9.17) is 5.73 Å². The first-order chi connectivity index (χ1) is 9.40. The van der Waals surface area contributed by atoms with Crippen molar-refractivity contribution in [1.82, 2.24) is 0 Å². The van der Waals surface area contributed by atoms with Crippen LogP contribution in [0.1, 0.15) is 31.9 Å². The molecule has 0 saturated heterocycles. The lowest BCUT2D eigenvalue weighted by Gasteiger charge is -2.02. The van der Waals surface area contributed by atoms with Crippen LogP contribution < -0.4 is 5.73 Å². The van der Waals surface area contributed by atoms with Gasteiger partial charge in [0.2, 0.25) is 0 Å². The molecule has 1 aromatic rings. The molecule has 0 fully saturated rings. The largest absolute Gasteiger partial charge is 0.384 e. The van der Waals surface area contributed by atoms with E-state index in [9.17, 15) is 0 Å². The minimum absolute atomic E-state index is 0.489. The Labute approximate surface area is 122 Å². The van der Waals surface area contributed by atoms with Gasteiger partial charge in [0.05, 0.1) is 6.54 Å². The summed E-state index contributed by atoms with van der Waals surface area (Å²) in [7, 11) is 0. The van der Waals surface area contributed by atoms with Gasteiger partial charge in [-0.3, -0.25) is 4.99 Å². The highest BCUT2D eigenvalue weighted by molar-refractivity contribution is 5.98. The number of nitrogens with zero attached hydrogens (tertiary/aromatic N) is 1. The molecule has 0 spiro atoms. The summed E-state index contributed by atoms with van der Waals surface area (Å²) in [5.41, 5.74) is 11.6. The summed E-state index contributed by atoms with van der Waals surface area (Å²) < 4.78 is 0. The molecule has 0 radical (unpaired) electrons. The van der Waals surface area contributed by atoms with Crippen LogP contribution in [0.3, 0.4) is 0 Å². The average Bonchev–Trinajstić information content (AvgIpc) is 2.43. The molecule has 0 amide bonds. The first-order valence-corrected chi connectivity index (χ1v) is 6.77. The highest BCUT2D eigenvalue weighted by Gasteiger charge is 1.97. The molecule has 2 nitrogen and oxygen atoms in total. The number of aryl methyl sites for hydroxylation is 1. The van der Waals surface area contributed by atoms with E-state index in [2.05, 4.69) is 63.5 Å². The first-order valence-electron chi connectivity index (χ1n) is 6.77. The Balaban J connectivity index is 2.67. The third-order valence-electron chi connectivity index (χ3n) is 3.20. The highest BCUT2D eigenvalue weighted by atomic mass is 14.8. The van der Waals surface area contributed by atoms with Gasteiger partial charge in [-0.1, -0.05) is 59.7 Å². The molecule has 1 aromatic carbocycles.